The Bertz CT molecular complexity index is 1400. The minimum atomic E-state index is -4.09. The van der Waals surface area contributed by atoms with E-state index in [1.807, 2.05) is 25.1 Å². The molecule has 0 saturated carbocycles. The molecule has 11 heteroatoms. The van der Waals surface area contributed by atoms with Crippen molar-refractivity contribution in [3.8, 4) is 6.07 Å². The number of carbonyl (C=O) groups excluding carboxylic acids is 2. The number of rotatable bonds is 6. The van der Waals surface area contributed by atoms with Gasteiger partial charge in [-0.3, -0.25) is 9.78 Å². The van der Waals surface area contributed by atoms with Crippen molar-refractivity contribution in [3.05, 3.63) is 89.7 Å². The number of carbonyl (C=O) groups is 2. The quantitative estimate of drug-likeness (QED) is 0.515. The molecular formula is C26H26N6O4S. The number of sulfonamides is 1. The maximum absolute atomic E-state index is 13.5. The first kappa shape index (κ1) is 25.8. The van der Waals surface area contributed by atoms with Crippen molar-refractivity contribution in [2.75, 3.05) is 25.0 Å². The molecule has 0 aliphatic carbocycles. The van der Waals surface area contributed by atoms with E-state index in [1.54, 1.807) is 36.5 Å². The monoisotopic (exact) mass is 518 g/mol. The number of pyridine rings is 1. The van der Waals surface area contributed by atoms with Crippen LogP contribution in [0.15, 0.2) is 77.8 Å². The Balaban J connectivity index is 1.56. The van der Waals surface area contributed by atoms with Crippen LogP contribution < -0.4 is 10.6 Å². The molecule has 1 aliphatic heterocycles. The zero-order chi connectivity index (χ0) is 26.4. The van der Waals surface area contributed by atoms with Crippen molar-refractivity contribution in [2.45, 2.75) is 24.4 Å². The molecule has 0 radical (unpaired) electrons. The number of aryl methyl sites for hydroxylation is 1. The molecule has 3 aromatic rings. The van der Waals surface area contributed by atoms with Crippen molar-refractivity contribution in [3.63, 3.8) is 0 Å². The number of hydrogen-bond acceptors (Lipinski definition) is 6. The molecule has 1 unspecified atom stereocenters. The number of nitrogens with zero attached hydrogens (tertiary/aromatic N) is 4. The van der Waals surface area contributed by atoms with E-state index in [2.05, 4.69) is 15.6 Å². The second-order valence-electron chi connectivity index (χ2n) is 8.55. The van der Waals surface area contributed by atoms with Gasteiger partial charge in [0.2, 0.25) is 15.9 Å². The second-order valence-corrected chi connectivity index (χ2v) is 10.4. The van der Waals surface area contributed by atoms with Gasteiger partial charge >= 0.3 is 6.03 Å². The highest BCUT2D eigenvalue weighted by atomic mass is 32.2. The smallest absolute Gasteiger partial charge is 0.321 e. The van der Waals surface area contributed by atoms with E-state index >= 15 is 0 Å². The summed E-state index contributed by atoms with van der Waals surface area (Å²) < 4.78 is 28.1. The number of amides is 3. The first-order valence-corrected chi connectivity index (χ1v) is 13.0. The Morgan fingerprint density at radius 3 is 2.43 bits per heavy atom. The van der Waals surface area contributed by atoms with Crippen molar-refractivity contribution < 1.29 is 18.0 Å². The summed E-state index contributed by atoms with van der Waals surface area (Å²) in [6.45, 7) is 1.92. The standard InChI is InChI=1S/C26H26N6O4S/c1-19-5-9-21(10-6-19)30-26(34)31-14-15-32(37(35,36)23-11-7-20(16-27)8-12-23)24(18-31)25(33)29-17-22-4-2-3-13-28-22/h2-13,24H,14-15,17-18H2,1H3,(H,29,33)(H,30,34). The summed E-state index contributed by atoms with van der Waals surface area (Å²) in [5.41, 5.74) is 2.58. The van der Waals surface area contributed by atoms with Gasteiger partial charge in [-0.1, -0.05) is 23.8 Å². The van der Waals surface area contributed by atoms with Crippen LogP contribution in [0.3, 0.4) is 0 Å². The number of piperazine rings is 1. The molecule has 10 nitrogen and oxygen atoms in total. The number of hydrogen-bond donors (Lipinski definition) is 2. The van der Waals surface area contributed by atoms with Gasteiger partial charge in [-0.05, 0) is 55.5 Å². The number of benzene rings is 2. The third-order valence-corrected chi connectivity index (χ3v) is 7.91. The second kappa shape index (κ2) is 11.2. The summed E-state index contributed by atoms with van der Waals surface area (Å²) in [5.74, 6) is -0.546. The summed E-state index contributed by atoms with van der Waals surface area (Å²) in [5, 5.41) is 14.6. The molecule has 1 aliphatic rings. The number of nitrogens with one attached hydrogen (secondary N) is 2. The number of nitriles is 1. The van der Waals surface area contributed by atoms with Crippen molar-refractivity contribution in [1.29, 1.82) is 5.26 Å². The van der Waals surface area contributed by atoms with E-state index in [9.17, 15) is 18.0 Å². The summed E-state index contributed by atoms with van der Waals surface area (Å²) in [6.07, 6.45) is 1.60. The van der Waals surface area contributed by atoms with Crippen LogP contribution in [0.2, 0.25) is 0 Å². The van der Waals surface area contributed by atoms with E-state index in [0.29, 0.717) is 16.9 Å². The molecule has 0 spiro atoms. The SMILES string of the molecule is Cc1ccc(NC(=O)N2CCN(S(=O)(=O)c3ccc(C#N)cc3)C(C(=O)NCc3ccccn3)C2)cc1. The molecule has 37 heavy (non-hydrogen) atoms. The van der Waals surface area contributed by atoms with E-state index in [-0.39, 0.29) is 31.1 Å². The maximum atomic E-state index is 13.5. The Morgan fingerprint density at radius 2 is 1.78 bits per heavy atom. The molecule has 1 saturated heterocycles. The molecular weight excluding hydrogens is 492 g/mol. The van der Waals surface area contributed by atoms with Crippen LogP contribution >= 0.6 is 0 Å². The fourth-order valence-corrected chi connectivity index (χ4v) is 5.50. The molecule has 1 fully saturated rings. The van der Waals surface area contributed by atoms with E-state index in [1.165, 1.54) is 29.2 Å². The molecule has 1 atom stereocenters. The summed E-state index contributed by atoms with van der Waals surface area (Å²) in [7, 11) is -4.09. The zero-order valence-corrected chi connectivity index (χ0v) is 21.0. The van der Waals surface area contributed by atoms with Crippen LogP contribution in [0.1, 0.15) is 16.8 Å². The third kappa shape index (κ3) is 6.11. The van der Waals surface area contributed by atoms with Gasteiger partial charge in [-0.25, -0.2) is 13.2 Å². The first-order valence-electron chi connectivity index (χ1n) is 11.6. The van der Waals surface area contributed by atoms with Crippen molar-refractivity contribution in [1.82, 2.24) is 19.5 Å². The van der Waals surface area contributed by atoms with Gasteiger partial charge in [-0.2, -0.15) is 9.57 Å². The Hall–Kier alpha value is -4.27. The molecule has 2 heterocycles. The highest BCUT2D eigenvalue weighted by Crippen LogP contribution is 2.23. The lowest BCUT2D eigenvalue weighted by molar-refractivity contribution is -0.126. The third-order valence-electron chi connectivity index (χ3n) is 5.98. The molecule has 1 aromatic heterocycles. The van der Waals surface area contributed by atoms with Crippen molar-refractivity contribution in [2.24, 2.45) is 0 Å². The average molecular weight is 519 g/mol. The lowest BCUT2D eigenvalue weighted by atomic mass is 10.2. The highest BCUT2D eigenvalue weighted by molar-refractivity contribution is 7.89. The number of anilines is 1. The van der Waals surface area contributed by atoms with Gasteiger partial charge < -0.3 is 15.5 Å². The number of urea groups is 1. The largest absolute Gasteiger partial charge is 0.349 e. The van der Waals surface area contributed by atoms with Crippen LogP contribution in [-0.2, 0) is 21.4 Å². The van der Waals surface area contributed by atoms with Gasteiger partial charge in [0, 0.05) is 31.5 Å². The normalized spacial score (nSPS) is 16.0. The summed E-state index contributed by atoms with van der Waals surface area (Å²) in [4.78, 5) is 31.8. The molecule has 2 N–H and O–H groups in total. The maximum Gasteiger partial charge on any atom is 0.321 e. The molecule has 3 amide bonds. The summed E-state index contributed by atoms with van der Waals surface area (Å²) >= 11 is 0. The fraction of sp³-hybridized carbons (Fsp3) is 0.231. The Morgan fingerprint density at radius 1 is 1.05 bits per heavy atom. The predicted molar refractivity (Wildman–Crippen MR) is 137 cm³/mol. The topological polar surface area (TPSA) is 136 Å². The van der Waals surface area contributed by atoms with Gasteiger partial charge in [0.05, 0.1) is 28.8 Å². The van der Waals surface area contributed by atoms with E-state index in [0.717, 1.165) is 9.87 Å². The van der Waals surface area contributed by atoms with Crippen molar-refractivity contribution >= 4 is 27.6 Å². The van der Waals surface area contributed by atoms with Gasteiger partial charge in [-0.15, -0.1) is 0 Å². The molecule has 0 bridgehead atoms. The van der Waals surface area contributed by atoms with Crippen LogP contribution in [0.4, 0.5) is 10.5 Å². The average Bonchev–Trinajstić information content (AvgIpc) is 2.93. The van der Waals surface area contributed by atoms with E-state index < -0.39 is 28.0 Å². The number of aromatic nitrogens is 1. The predicted octanol–water partition coefficient (Wildman–Crippen LogP) is 2.49. The summed E-state index contributed by atoms with van der Waals surface area (Å²) in [6, 6.07) is 18.4. The van der Waals surface area contributed by atoms with Crippen LogP contribution in [0.25, 0.3) is 0 Å². The molecule has 190 valence electrons. The van der Waals surface area contributed by atoms with Gasteiger partial charge in [0.25, 0.3) is 0 Å². The van der Waals surface area contributed by atoms with Crippen LogP contribution in [-0.4, -0.2) is 60.2 Å². The Labute approximate surface area is 215 Å². The molecule has 4 rings (SSSR count). The minimum absolute atomic E-state index is 0.0356. The fourth-order valence-electron chi connectivity index (χ4n) is 3.93. The van der Waals surface area contributed by atoms with Gasteiger partial charge in [0.15, 0.2) is 0 Å². The van der Waals surface area contributed by atoms with Crippen LogP contribution in [0, 0.1) is 18.3 Å². The lowest BCUT2D eigenvalue weighted by Crippen LogP contribution is -2.61. The highest BCUT2D eigenvalue weighted by Gasteiger charge is 2.41. The van der Waals surface area contributed by atoms with E-state index in [4.69, 9.17) is 5.26 Å². The molecule has 2 aromatic carbocycles. The first-order chi connectivity index (χ1) is 17.8. The Kier molecular flexibility index (Phi) is 7.81. The lowest BCUT2D eigenvalue weighted by Gasteiger charge is -2.39. The minimum Gasteiger partial charge on any atom is -0.349 e. The van der Waals surface area contributed by atoms with Gasteiger partial charge in [0.1, 0.15) is 6.04 Å². The van der Waals surface area contributed by atoms with Crippen LogP contribution in [0.5, 0.6) is 0 Å². The zero-order valence-electron chi connectivity index (χ0n) is 20.2.